The topological polar surface area (TPSA) is 66.9 Å². The summed E-state index contributed by atoms with van der Waals surface area (Å²) in [6.45, 7) is 5.41. The van der Waals surface area contributed by atoms with Gasteiger partial charge in [0.15, 0.2) is 5.82 Å². The largest absolute Gasteiger partial charge is 0.316 e. The third-order valence-electron chi connectivity index (χ3n) is 1.96. The second kappa shape index (κ2) is 6.08. The average Bonchev–Trinajstić information content (AvgIpc) is 2.27. The van der Waals surface area contributed by atoms with Crippen LogP contribution in [0.3, 0.4) is 0 Å². The van der Waals surface area contributed by atoms with Gasteiger partial charge in [-0.15, -0.1) is 0 Å². The maximum absolute atomic E-state index is 11.6. The van der Waals surface area contributed by atoms with Crippen molar-refractivity contribution in [3.63, 3.8) is 0 Å². The van der Waals surface area contributed by atoms with Gasteiger partial charge in [-0.05, 0) is 6.54 Å². The van der Waals surface area contributed by atoms with Crippen LogP contribution in [-0.2, 0) is 4.79 Å². The number of hydrogen-bond acceptors (Lipinski definition) is 4. The second-order valence-corrected chi connectivity index (χ2v) is 3.29. The molecule has 1 rings (SSSR count). The second-order valence-electron chi connectivity index (χ2n) is 3.29. The Morgan fingerprint density at radius 3 is 2.93 bits per heavy atom. The molecule has 0 aliphatic carbocycles. The molecule has 0 aliphatic rings. The molecule has 1 aromatic heterocycles. The monoisotopic (exact) mass is 208 g/mol. The Morgan fingerprint density at radius 2 is 2.33 bits per heavy atom. The zero-order chi connectivity index (χ0) is 11.1. The summed E-state index contributed by atoms with van der Waals surface area (Å²) in [4.78, 5) is 19.4. The standard InChI is InChI=1S/C10H16N4O/c1-3-11-6-8(2)10(15)14-9-7-12-4-5-13-9/h4-5,7-8,11H,3,6H2,1-2H3,(H,13,14,15). The summed E-state index contributed by atoms with van der Waals surface area (Å²) in [5.74, 6) is 0.370. The fourth-order valence-electron chi connectivity index (χ4n) is 1.07. The molecule has 1 aromatic rings. The highest BCUT2D eigenvalue weighted by atomic mass is 16.1. The molecule has 0 bridgehead atoms. The normalized spacial score (nSPS) is 12.1. The van der Waals surface area contributed by atoms with E-state index in [-0.39, 0.29) is 11.8 Å². The van der Waals surface area contributed by atoms with E-state index < -0.39 is 0 Å². The molecule has 0 fully saturated rings. The van der Waals surface area contributed by atoms with Crippen LogP contribution in [0.2, 0.25) is 0 Å². The number of carbonyl (C=O) groups excluding carboxylic acids is 1. The van der Waals surface area contributed by atoms with E-state index in [1.165, 1.54) is 6.20 Å². The summed E-state index contributed by atoms with van der Waals surface area (Å²) in [5, 5.41) is 5.82. The molecule has 82 valence electrons. The lowest BCUT2D eigenvalue weighted by molar-refractivity contribution is -0.119. The quantitative estimate of drug-likeness (QED) is 0.746. The third kappa shape index (κ3) is 4.03. The Hall–Kier alpha value is -1.49. The van der Waals surface area contributed by atoms with Crippen LogP contribution in [0, 0.1) is 5.92 Å². The Bertz CT molecular complexity index is 302. The lowest BCUT2D eigenvalue weighted by Crippen LogP contribution is -2.30. The van der Waals surface area contributed by atoms with Crippen molar-refractivity contribution in [2.45, 2.75) is 13.8 Å². The van der Waals surface area contributed by atoms with Crippen molar-refractivity contribution in [1.29, 1.82) is 0 Å². The van der Waals surface area contributed by atoms with Crippen LogP contribution in [0.25, 0.3) is 0 Å². The van der Waals surface area contributed by atoms with Gasteiger partial charge in [-0.3, -0.25) is 9.78 Å². The highest BCUT2D eigenvalue weighted by molar-refractivity contribution is 5.91. The number of carbonyl (C=O) groups is 1. The molecular formula is C10H16N4O. The number of aromatic nitrogens is 2. The van der Waals surface area contributed by atoms with Gasteiger partial charge in [0.2, 0.25) is 5.91 Å². The zero-order valence-electron chi connectivity index (χ0n) is 9.03. The first kappa shape index (κ1) is 11.6. The Kier molecular flexibility index (Phi) is 4.70. The van der Waals surface area contributed by atoms with Gasteiger partial charge in [-0.25, -0.2) is 4.98 Å². The lowest BCUT2D eigenvalue weighted by Gasteiger charge is -2.11. The van der Waals surface area contributed by atoms with Crippen molar-refractivity contribution in [1.82, 2.24) is 15.3 Å². The van der Waals surface area contributed by atoms with Gasteiger partial charge < -0.3 is 10.6 Å². The molecule has 0 aromatic carbocycles. The van der Waals surface area contributed by atoms with Crippen molar-refractivity contribution >= 4 is 11.7 Å². The van der Waals surface area contributed by atoms with E-state index in [0.717, 1.165) is 6.54 Å². The first-order valence-electron chi connectivity index (χ1n) is 5.01. The van der Waals surface area contributed by atoms with E-state index in [4.69, 9.17) is 0 Å². The molecule has 15 heavy (non-hydrogen) atoms. The van der Waals surface area contributed by atoms with Crippen molar-refractivity contribution in [3.8, 4) is 0 Å². The summed E-state index contributed by atoms with van der Waals surface area (Å²) < 4.78 is 0. The average molecular weight is 208 g/mol. The number of nitrogens with zero attached hydrogens (tertiary/aromatic N) is 2. The van der Waals surface area contributed by atoms with E-state index in [1.807, 2.05) is 13.8 Å². The summed E-state index contributed by atoms with van der Waals surface area (Å²) in [7, 11) is 0. The van der Waals surface area contributed by atoms with Gasteiger partial charge in [0.25, 0.3) is 0 Å². The van der Waals surface area contributed by atoms with Gasteiger partial charge in [0.05, 0.1) is 6.20 Å². The van der Waals surface area contributed by atoms with Crippen LogP contribution in [-0.4, -0.2) is 29.0 Å². The predicted molar refractivity (Wildman–Crippen MR) is 58.4 cm³/mol. The molecule has 1 atom stereocenters. The third-order valence-corrected chi connectivity index (χ3v) is 1.96. The first-order chi connectivity index (χ1) is 7.24. The number of anilines is 1. The minimum atomic E-state index is -0.0769. The van der Waals surface area contributed by atoms with Gasteiger partial charge >= 0.3 is 0 Å². The van der Waals surface area contributed by atoms with E-state index in [1.54, 1.807) is 12.4 Å². The maximum Gasteiger partial charge on any atom is 0.229 e. The number of hydrogen-bond donors (Lipinski definition) is 2. The van der Waals surface area contributed by atoms with Crippen LogP contribution >= 0.6 is 0 Å². The molecule has 1 amide bonds. The molecular weight excluding hydrogens is 192 g/mol. The van der Waals surface area contributed by atoms with Crippen molar-refractivity contribution in [2.24, 2.45) is 5.92 Å². The fourth-order valence-corrected chi connectivity index (χ4v) is 1.07. The molecule has 0 radical (unpaired) electrons. The number of nitrogens with one attached hydrogen (secondary N) is 2. The summed E-state index contributed by atoms with van der Waals surface area (Å²) in [5.41, 5.74) is 0. The van der Waals surface area contributed by atoms with Crippen LogP contribution in [0.1, 0.15) is 13.8 Å². The predicted octanol–water partition coefficient (Wildman–Crippen LogP) is 0.661. The van der Waals surface area contributed by atoms with E-state index in [0.29, 0.717) is 12.4 Å². The minimum absolute atomic E-state index is 0.0450. The van der Waals surface area contributed by atoms with Crippen molar-refractivity contribution < 1.29 is 4.79 Å². The highest BCUT2D eigenvalue weighted by Gasteiger charge is 2.12. The Balaban J connectivity index is 2.42. The van der Waals surface area contributed by atoms with Gasteiger partial charge in [-0.2, -0.15) is 0 Å². The number of amides is 1. The maximum atomic E-state index is 11.6. The molecule has 1 unspecified atom stereocenters. The fraction of sp³-hybridized carbons (Fsp3) is 0.500. The van der Waals surface area contributed by atoms with Crippen LogP contribution in [0.4, 0.5) is 5.82 Å². The molecule has 5 heteroatoms. The summed E-state index contributed by atoms with van der Waals surface area (Å²) in [6, 6.07) is 0. The molecule has 5 nitrogen and oxygen atoms in total. The highest BCUT2D eigenvalue weighted by Crippen LogP contribution is 2.01. The van der Waals surface area contributed by atoms with Crippen molar-refractivity contribution in [3.05, 3.63) is 18.6 Å². The van der Waals surface area contributed by atoms with Crippen molar-refractivity contribution in [2.75, 3.05) is 18.4 Å². The summed E-state index contributed by atoms with van der Waals surface area (Å²) in [6.07, 6.45) is 4.64. The molecule has 0 aliphatic heterocycles. The smallest absolute Gasteiger partial charge is 0.229 e. The molecule has 1 heterocycles. The van der Waals surface area contributed by atoms with Gasteiger partial charge in [0, 0.05) is 24.9 Å². The van der Waals surface area contributed by atoms with Crippen LogP contribution < -0.4 is 10.6 Å². The van der Waals surface area contributed by atoms with E-state index >= 15 is 0 Å². The number of rotatable bonds is 5. The van der Waals surface area contributed by atoms with E-state index in [9.17, 15) is 4.79 Å². The SMILES string of the molecule is CCNCC(C)C(=O)Nc1cnccn1. The molecule has 0 spiro atoms. The first-order valence-corrected chi connectivity index (χ1v) is 5.01. The molecule has 2 N–H and O–H groups in total. The van der Waals surface area contributed by atoms with Crippen LogP contribution in [0.5, 0.6) is 0 Å². The lowest BCUT2D eigenvalue weighted by atomic mass is 10.1. The van der Waals surface area contributed by atoms with E-state index in [2.05, 4.69) is 20.6 Å². The van der Waals surface area contributed by atoms with Gasteiger partial charge in [0.1, 0.15) is 0 Å². The minimum Gasteiger partial charge on any atom is -0.316 e. The Labute approximate surface area is 89.3 Å². The van der Waals surface area contributed by atoms with Gasteiger partial charge in [-0.1, -0.05) is 13.8 Å². The van der Waals surface area contributed by atoms with Crippen LogP contribution in [0.15, 0.2) is 18.6 Å². The molecule has 0 saturated heterocycles. The summed E-state index contributed by atoms with van der Waals surface area (Å²) >= 11 is 0. The molecule has 0 saturated carbocycles. The zero-order valence-corrected chi connectivity index (χ0v) is 9.03. The Morgan fingerprint density at radius 1 is 1.53 bits per heavy atom.